The summed E-state index contributed by atoms with van der Waals surface area (Å²) in [6.45, 7) is 2.01. The Morgan fingerprint density at radius 2 is 1.90 bits per heavy atom. The molecule has 0 aliphatic rings. The number of para-hydroxylation sites is 2. The maximum atomic E-state index is 12.5. The lowest BCUT2D eigenvalue weighted by Crippen LogP contribution is -2.15. The second-order valence-electron chi connectivity index (χ2n) is 6.22. The average Bonchev–Trinajstić information content (AvgIpc) is 3.37. The van der Waals surface area contributed by atoms with E-state index in [0.29, 0.717) is 21.4 Å². The van der Waals surface area contributed by atoms with Gasteiger partial charge in [-0.25, -0.2) is 9.78 Å². The minimum absolute atomic E-state index is 0.105. The Morgan fingerprint density at radius 3 is 2.67 bits per heavy atom. The first kappa shape index (κ1) is 20.2. The number of hydrogen-bond donors (Lipinski definition) is 1. The highest BCUT2D eigenvalue weighted by atomic mass is 32.2. The van der Waals surface area contributed by atoms with Crippen LogP contribution in [-0.4, -0.2) is 29.2 Å². The number of nitrogens with one attached hydrogen (secondary N) is 1. The van der Waals surface area contributed by atoms with E-state index in [1.54, 1.807) is 13.0 Å². The van der Waals surface area contributed by atoms with Crippen molar-refractivity contribution in [2.24, 2.45) is 0 Å². The van der Waals surface area contributed by atoms with Crippen molar-refractivity contribution in [3.05, 3.63) is 66.2 Å². The number of esters is 1. The van der Waals surface area contributed by atoms with Crippen molar-refractivity contribution in [3.8, 4) is 10.4 Å². The van der Waals surface area contributed by atoms with Gasteiger partial charge in [-0.3, -0.25) is 4.79 Å². The Bertz CT molecular complexity index is 1150. The van der Waals surface area contributed by atoms with Crippen molar-refractivity contribution in [3.63, 3.8) is 0 Å². The molecule has 2 aromatic heterocycles. The summed E-state index contributed by atoms with van der Waals surface area (Å²) in [4.78, 5) is 30.1. The predicted octanol–water partition coefficient (Wildman–Crippen LogP) is 5.46. The van der Waals surface area contributed by atoms with Gasteiger partial charge in [0.05, 0.1) is 17.9 Å². The fourth-order valence-electron chi connectivity index (χ4n) is 2.79. The smallest absolute Gasteiger partial charge is 0.341 e. The van der Waals surface area contributed by atoms with E-state index in [-0.39, 0.29) is 18.3 Å². The molecule has 0 atom stereocenters. The molecule has 0 aliphatic heterocycles. The summed E-state index contributed by atoms with van der Waals surface area (Å²) in [5.41, 5.74) is 2.74. The molecule has 0 bridgehead atoms. The van der Waals surface area contributed by atoms with Crippen LogP contribution in [0, 0.1) is 0 Å². The topological polar surface area (TPSA) is 81.4 Å². The molecule has 30 heavy (non-hydrogen) atoms. The van der Waals surface area contributed by atoms with E-state index >= 15 is 0 Å². The third-order valence-electron chi connectivity index (χ3n) is 4.14. The van der Waals surface area contributed by atoms with Crippen molar-refractivity contribution in [2.45, 2.75) is 12.1 Å². The first-order valence-corrected chi connectivity index (χ1v) is 11.1. The molecule has 0 saturated carbocycles. The fraction of sp³-hybridized carbons (Fsp3) is 0.136. The molecule has 2 heterocycles. The number of carbonyl (C=O) groups is 2. The lowest BCUT2D eigenvalue weighted by molar-refractivity contribution is -0.113. The highest BCUT2D eigenvalue weighted by molar-refractivity contribution is 7.99. The molecule has 152 valence electrons. The standard InChI is InChI=1S/C22H18N2O4S2/c1-2-27-21(26)15-12-18(14-8-4-3-5-9-14)30-20(15)24-19(25)13-29-22-23-16-10-6-7-11-17(16)28-22/h3-12H,2,13H2,1H3,(H,24,25). The number of benzene rings is 2. The lowest BCUT2D eigenvalue weighted by Gasteiger charge is -2.05. The van der Waals surface area contributed by atoms with E-state index in [0.717, 1.165) is 16.0 Å². The molecule has 1 N–H and O–H groups in total. The number of hydrogen-bond acceptors (Lipinski definition) is 7. The normalized spacial score (nSPS) is 10.8. The fourth-order valence-corrected chi connectivity index (χ4v) is 4.50. The summed E-state index contributed by atoms with van der Waals surface area (Å²) >= 11 is 2.54. The summed E-state index contributed by atoms with van der Waals surface area (Å²) in [5, 5.41) is 3.72. The van der Waals surface area contributed by atoms with Crippen LogP contribution in [0.1, 0.15) is 17.3 Å². The quantitative estimate of drug-likeness (QED) is 0.305. The Hall–Kier alpha value is -3.10. The molecule has 0 spiro atoms. The number of anilines is 1. The third kappa shape index (κ3) is 4.55. The van der Waals surface area contributed by atoms with Crippen LogP contribution in [0.25, 0.3) is 21.5 Å². The molecule has 6 nitrogen and oxygen atoms in total. The van der Waals surface area contributed by atoms with Crippen LogP contribution in [0.4, 0.5) is 5.00 Å². The van der Waals surface area contributed by atoms with Crippen LogP contribution in [0.5, 0.6) is 0 Å². The molecule has 0 radical (unpaired) electrons. The van der Waals surface area contributed by atoms with E-state index in [1.165, 1.54) is 23.1 Å². The van der Waals surface area contributed by atoms with Gasteiger partial charge in [0.1, 0.15) is 10.5 Å². The van der Waals surface area contributed by atoms with Gasteiger partial charge in [-0.15, -0.1) is 11.3 Å². The number of nitrogens with zero attached hydrogens (tertiary/aromatic N) is 1. The van der Waals surface area contributed by atoms with Crippen LogP contribution in [0.3, 0.4) is 0 Å². The van der Waals surface area contributed by atoms with E-state index < -0.39 is 5.97 Å². The van der Waals surface area contributed by atoms with Gasteiger partial charge >= 0.3 is 5.97 Å². The first-order chi connectivity index (χ1) is 14.6. The highest BCUT2D eigenvalue weighted by Gasteiger charge is 2.20. The maximum absolute atomic E-state index is 12.5. The minimum atomic E-state index is -0.460. The van der Waals surface area contributed by atoms with Crippen LogP contribution >= 0.6 is 23.1 Å². The van der Waals surface area contributed by atoms with Gasteiger partial charge in [0.15, 0.2) is 5.58 Å². The molecule has 4 aromatic rings. The molecule has 0 saturated heterocycles. The molecule has 1 amide bonds. The van der Waals surface area contributed by atoms with Gasteiger partial charge in [-0.05, 0) is 30.7 Å². The highest BCUT2D eigenvalue weighted by Crippen LogP contribution is 2.36. The number of oxazole rings is 1. The van der Waals surface area contributed by atoms with Crippen LogP contribution < -0.4 is 5.32 Å². The van der Waals surface area contributed by atoms with E-state index in [4.69, 9.17) is 9.15 Å². The lowest BCUT2D eigenvalue weighted by atomic mass is 10.1. The number of aromatic nitrogens is 1. The third-order valence-corrected chi connectivity index (χ3v) is 6.07. The van der Waals surface area contributed by atoms with Gasteiger partial charge in [0, 0.05) is 4.88 Å². The Labute approximate surface area is 181 Å². The Morgan fingerprint density at radius 1 is 1.13 bits per heavy atom. The SMILES string of the molecule is CCOC(=O)c1cc(-c2ccccc2)sc1NC(=O)CSc1nc2ccccc2o1. The second kappa shape index (κ2) is 9.15. The molecule has 2 aromatic carbocycles. The summed E-state index contributed by atoms with van der Waals surface area (Å²) < 4.78 is 10.8. The van der Waals surface area contributed by atoms with E-state index in [2.05, 4.69) is 10.3 Å². The van der Waals surface area contributed by atoms with Crippen molar-refractivity contribution in [1.82, 2.24) is 4.98 Å². The summed E-state index contributed by atoms with van der Waals surface area (Å²) in [6, 6.07) is 18.9. The molecule has 8 heteroatoms. The number of thiophene rings is 1. The molecule has 4 rings (SSSR count). The molecule has 0 aliphatic carbocycles. The number of amides is 1. The second-order valence-corrected chi connectivity index (χ2v) is 8.20. The Kier molecular flexibility index (Phi) is 6.15. The predicted molar refractivity (Wildman–Crippen MR) is 119 cm³/mol. The maximum Gasteiger partial charge on any atom is 0.341 e. The molecular formula is C22H18N2O4S2. The van der Waals surface area contributed by atoms with Crippen LogP contribution in [0.2, 0.25) is 0 Å². The average molecular weight is 439 g/mol. The largest absolute Gasteiger partial charge is 0.462 e. The molecule has 0 fully saturated rings. The van der Waals surface area contributed by atoms with Gasteiger partial charge in [-0.1, -0.05) is 54.2 Å². The van der Waals surface area contributed by atoms with Crippen LogP contribution in [-0.2, 0) is 9.53 Å². The monoisotopic (exact) mass is 438 g/mol. The van der Waals surface area contributed by atoms with E-state index in [9.17, 15) is 9.59 Å². The number of ether oxygens (including phenoxy) is 1. The molecule has 0 unspecified atom stereocenters. The van der Waals surface area contributed by atoms with E-state index in [1.807, 2.05) is 54.6 Å². The minimum Gasteiger partial charge on any atom is -0.462 e. The van der Waals surface area contributed by atoms with Crippen molar-refractivity contribution in [1.29, 1.82) is 0 Å². The number of fused-ring (bicyclic) bond motifs is 1. The van der Waals surface area contributed by atoms with Crippen molar-refractivity contribution < 1.29 is 18.7 Å². The number of rotatable bonds is 7. The zero-order valence-electron chi connectivity index (χ0n) is 16.1. The number of carbonyl (C=O) groups excluding carboxylic acids is 2. The van der Waals surface area contributed by atoms with Crippen molar-refractivity contribution >= 4 is 51.1 Å². The van der Waals surface area contributed by atoms with Gasteiger partial charge < -0.3 is 14.5 Å². The summed E-state index contributed by atoms with van der Waals surface area (Å²) in [6.07, 6.45) is 0. The number of thioether (sulfide) groups is 1. The zero-order chi connectivity index (χ0) is 20.9. The van der Waals surface area contributed by atoms with Crippen molar-refractivity contribution in [2.75, 3.05) is 17.7 Å². The molecular weight excluding hydrogens is 420 g/mol. The zero-order valence-corrected chi connectivity index (χ0v) is 17.7. The van der Waals surface area contributed by atoms with Gasteiger partial charge in [0.25, 0.3) is 5.22 Å². The van der Waals surface area contributed by atoms with Gasteiger partial charge in [0.2, 0.25) is 5.91 Å². The van der Waals surface area contributed by atoms with Gasteiger partial charge in [-0.2, -0.15) is 0 Å². The Balaban J connectivity index is 1.49. The first-order valence-electron chi connectivity index (χ1n) is 9.28. The van der Waals surface area contributed by atoms with Crippen LogP contribution in [0.15, 0.2) is 70.3 Å². The summed E-state index contributed by atoms with van der Waals surface area (Å²) in [5.74, 6) is -0.611. The summed E-state index contributed by atoms with van der Waals surface area (Å²) in [7, 11) is 0.